The average molecular weight is 908 g/mol. The van der Waals surface area contributed by atoms with Gasteiger partial charge in [0.15, 0.2) is 0 Å². The molecule has 2 amide bonds. The summed E-state index contributed by atoms with van der Waals surface area (Å²) >= 11 is 6.18. The summed E-state index contributed by atoms with van der Waals surface area (Å²) in [4.78, 5) is 46.7. The van der Waals surface area contributed by atoms with Crippen LogP contribution in [0.4, 0.5) is 5.95 Å². The van der Waals surface area contributed by atoms with Gasteiger partial charge in [0.25, 0.3) is 5.91 Å². The van der Waals surface area contributed by atoms with Gasteiger partial charge in [-0.3, -0.25) is 23.9 Å². The normalized spacial score (nSPS) is 19.7. The van der Waals surface area contributed by atoms with E-state index in [1.54, 1.807) is 42.2 Å². The molecule has 1 saturated carbocycles. The quantitative estimate of drug-likeness (QED) is 0.146. The number of aryl methyl sites for hydroxylation is 1. The number of likely N-dealkylation sites (tertiary alicyclic amines) is 1. The maximum Gasteiger partial charge on any atom is 0.254 e. The highest BCUT2D eigenvalue weighted by Gasteiger charge is 2.33. The fourth-order valence-electron chi connectivity index (χ4n) is 10.4. The number of carbonyl (C=O) groups is 2. The van der Waals surface area contributed by atoms with Gasteiger partial charge < -0.3 is 24.8 Å². The standard InChI is InChI=1S/C50H55ClN12O3/c1-32(64)62-21-16-47-44(31-62)48(42-5-3-4-34-22-46(53-28-43(34)42)37-27-56-59(2)30-37)58-63(47)39-14-17-60(18-15-39)29-33-12-19-61(20-13-33)50-54-25-36(26-55-50)49(65)57-38-7-10-40(11-8-38)66-41-9-6-35(24-52)45(51)23-41/h3-6,9,22-23,25-28,30,33,38-40H,7-8,10-21,29,31H2,1-2H3,(H,57,65). The second-order valence-corrected chi connectivity index (χ2v) is 18.9. The minimum Gasteiger partial charge on any atom is -0.490 e. The van der Waals surface area contributed by atoms with E-state index >= 15 is 0 Å². The van der Waals surface area contributed by atoms with Crippen molar-refractivity contribution in [1.82, 2.24) is 49.6 Å². The van der Waals surface area contributed by atoms with E-state index in [0.29, 0.717) is 52.9 Å². The maximum absolute atomic E-state index is 13.1. The molecular weight excluding hydrogens is 852 g/mol. The van der Waals surface area contributed by atoms with E-state index in [2.05, 4.69) is 65.2 Å². The van der Waals surface area contributed by atoms with Crippen LogP contribution in [-0.2, 0) is 24.8 Å². The average Bonchev–Trinajstić information content (AvgIpc) is 3.96. The van der Waals surface area contributed by atoms with Crippen molar-refractivity contribution in [3.63, 3.8) is 0 Å². The number of amides is 2. The molecular formula is C50H55ClN12O3. The number of anilines is 1. The molecule has 340 valence electrons. The number of fused-ring (bicyclic) bond motifs is 2. The second kappa shape index (κ2) is 18.9. The first-order chi connectivity index (χ1) is 32.1. The molecule has 16 heteroatoms. The molecule has 66 heavy (non-hydrogen) atoms. The number of pyridine rings is 1. The van der Waals surface area contributed by atoms with Gasteiger partial charge in [0.2, 0.25) is 11.9 Å². The lowest BCUT2D eigenvalue weighted by molar-refractivity contribution is -0.129. The lowest BCUT2D eigenvalue weighted by Crippen LogP contribution is -2.42. The van der Waals surface area contributed by atoms with E-state index in [-0.39, 0.29) is 24.0 Å². The van der Waals surface area contributed by atoms with Gasteiger partial charge in [-0.15, -0.1) is 0 Å². The highest BCUT2D eigenvalue weighted by atomic mass is 35.5. The van der Waals surface area contributed by atoms with Crippen molar-refractivity contribution >= 4 is 40.1 Å². The first-order valence-corrected chi connectivity index (χ1v) is 23.7. The molecule has 4 aliphatic rings. The topological polar surface area (TPSA) is 163 Å². The van der Waals surface area contributed by atoms with E-state index < -0.39 is 0 Å². The molecule has 1 N–H and O–H groups in total. The van der Waals surface area contributed by atoms with Crippen LogP contribution in [0.5, 0.6) is 5.75 Å². The molecule has 7 heterocycles. The van der Waals surface area contributed by atoms with Crippen molar-refractivity contribution < 1.29 is 14.3 Å². The molecule has 2 saturated heterocycles. The summed E-state index contributed by atoms with van der Waals surface area (Å²) in [7, 11) is 1.91. The van der Waals surface area contributed by atoms with E-state index in [1.165, 1.54) is 5.69 Å². The number of nitrogens with one attached hydrogen (secondary N) is 1. The first-order valence-electron chi connectivity index (χ1n) is 23.4. The van der Waals surface area contributed by atoms with Crippen LogP contribution in [0.2, 0.25) is 5.02 Å². The van der Waals surface area contributed by atoms with E-state index in [0.717, 1.165) is 129 Å². The SMILES string of the molecule is CC(=O)N1CCc2c(c(-c3cccc4cc(-c5cnn(C)c5)ncc34)nn2C2CCN(CC3CCN(c4ncc(C(=O)NC5CCC(Oc6ccc(C#N)c(Cl)c6)CC5)cn4)CC3)CC2)C1. The Morgan fingerprint density at radius 2 is 1.70 bits per heavy atom. The van der Waals surface area contributed by atoms with Crippen LogP contribution < -0.4 is 15.0 Å². The highest BCUT2D eigenvalue weighted by Crippen LogP contribution is 2.38. The van der Waals surface area contributed by atoms with Crippen LogP contribution in [0.3, 0.4) is 0 Å². The molecule has 0 bridgehead atoms. The third kappa shape index (κ3) is 9.21. The Balaban J connectivity index is 0.713. The Bertz CT molecular complexity index is 2780. The molecule has 10 rings (SSSR count). The molecule has 2 aromatic carbocycles. The number of aromatic nitrogens is 7. The van der Waals surface area contributed by atoms with Crippen molar-refractivity contribution in [1.29, 1.82) is 5.26 Å². The number of carbonyl (C=O) groups excluding carboxylic acids is 2. The van der Waals surface area contributed by atoms with Crippen molar-refractivity contribution in [2.45, 2.75) is 89.4 Å². The number of nitriles is 1. The number of hydrogen-bond donors (Lipinski definition) is 1. The largest absolute Gasteiger partial charge is 0.490 e. The monoisotopic (exact) mass is 906 g/mol. The summed E-state index contributed by atoms with van der Waals surface area (Å²) in [6, 6.07) is 16.1. The smallest absolute Gasteiger partial charge is 0.254 e. The Labute approximate surface area is 389 Å². The van der Waals surface area contributed by atoms with Crippen LogP contribution in [0.15, 0.2) is 73.4 Å². The number of benzene rings is 2. The summed E-state index contributed by atoms with van der Waals surface area (Å²) in [5.41, 5.74) is 7.19. The zero-order chi connectivity index (χ0) is 45.3. The van der Waals surface area contributed by atoms with Crippen molar-refractivity contribution in [2.24, 2.45) is 13.0 Å². The summed E-state index contributed by atoms with van der Waals surface area (Å²) < 4.78 is 10.2. The molecule has 4 aromatic heterocycles. The van der Waals surface area contributed by atoms with Crippen LogP contribution in [0.25, 0.3) is 33.3 Å². The third-order valence-electron chi connectivity index (χ3n) is 14.1. The number of piperidine rings is 2. The van der Waals surface area contributed by atoms with Crippen molar-refractivity contribution in [2.75, 3.05) is 44.2 Å². The lowest BCUT2D eigenvalue weighted by atomic mass is 9.92. The minimum absolute atomic E-state index is 0.0339. The van der Waals surface area contributed by atoms with Gasteiger partial charge in [0.1, 0.15) is 11.8 Å². The van der Waals surface area contributed by atoms with Gasteiger partial charge in [-0.05, 0) is 80.9 Å². The van der Waals surface area contributed by atoms with E-state index in [1.807, 2.05) is 30.5 Å². The van der Waals surface area contributed by atoms with Crippen LogP contribution in [-0.4, -0.2) is 108 Å². The van der Waals surface area contributed by atoms with Crippen LogP contribution >= 0.6 is 11.6 Å². The molecule has 3 fully saturated rings. The number of ether oxygens (including phenoxy) is 1. The van der Waals surface area contributed by atoms with Crippen molar-refractivity contribution in [3.05, 3.63) is 101 Å². The van der Waals surface area contributed by atoms with Crippen LogP contribution in [0.1, 0.15) is 91.5 Å². The van der Waals surface area contributed by atoms with Gasteiger partial charge in [-0.25, -0.2) is 9.97 Å². The summed E-state index contributed by atoms with van der Waals surface area (Å²) in [6.07, 6.45) is 17.4. The Kier molecular flexibility index (Phi) is 12.4. The minimum atomic E-state index is -0.154. The van der Waals surface area contributed by atoms with Crippen molar-refractivity contribution in [3.8, 4) is 34.3 Å². The van der Waals surface area contributed by atoms with E-state index in [9.17, 15) is 9.59 Å². The fraction of sp³-hybridized carbons (Fsp3) is 0.440. The molecule has 15 nitrogen and oxygen atoms in total. The summed E-state index contributed by atoms with van der Waals surface area (Å²) in [6.45, 7) is 7.85. The fourth-order valence-corrected chi connectivity index (χ4v) is 10.6. The van der Waals surface area contributed by atoms with Gasteiger partial charge in [-0.1, -0.05) is 29.8 Å². The molecule has 1 aliphatic carbocycles. The number of nitrogens with zero attached hydrogens (tertiary/aromatic N) is 11. The second-order valence-electron chi connectivity index (χ2n) is 18.5. The van der Waals surface area contributed by atoms with Gasteiger partial charge in [0, 0.05) is 131 Å². The van der Waals surface area contributed by atoms with Gasteiger partial charge >= 0.3 is 0 Å². The Morgan fingerprint density at radius 3 is 2.41 bits per heavy atom. The summed E-state index contributed by atoms with van der Waals surface area (Å²) in [5.74, 6) is 1.87. The Morgan fingerprint density at radius 1 is 0.909 bits per heavy atom. The van der Waals surface area contributed by atoms with Crippen LogP contribution in [0, 0.1) is 17.2 Å². The molecule has 6 aromatic rings. The lowest BCUT2D eigenvalue weighted by Gasteiger charge is -2.38. The predicted molar refractivity (Wildman–Crippen MR) is 252 cm³/mol. The molecule has 3 aliphatic heterocycles. The Hall–Kier alpha value is -6.37. The molecule has 0 spiro atoms. The summed E-state index contributed by atoms with van der Waals surface area (Å²) in [5, 5.41) is 24.6. The zero-order valence-electron chi connectivity index (χ0n) is 37.6. The van der Waals surface area contributed by atoms with Gasteiger partial charge in [-0.2, -0.15) is 15.5 Å². The highest BCUT2D eigenvalue weighted by molar-refractivity contribution is 6.31. The maximum atomic E-state index is 13.1. The first kappa shape index (κ1) is 43.5. The number of hydrogen-bond acceptors (Lipinski definition) is 11. The molecule has 0 radical (unpaired) electrons. The zero-order valence-corrected chi connectivity index (χ0v) is 38.3. The third-order valence-corrected chi connectivity index (χ3v) is 14.5. The molecule has 0 atom stereocenters. The van der Waals surface area contributed by atoms with E-state index in [4.69, 9.17) is 31.7 Å². The van der Waals surface area contributed by atoms with Gasteiger partial charge in [0.05, 0.1) is 45.9 Å². The predicted octanol–water partition coefficient (Wildman–Crippen LogP) is 7.39. The number of halogens is 1. The number of rotatable bonds is 10. The molecule has 0 unspecified atom stereocenters.